The number of thiazole rings is 1. The van der Waals surface area contributed by atoms with Gasteiger partial charge in [-0.05, 0) is 18.4 Å². The molecule has 2 heterocycles. The summed E-state index contributed by atoms with van der Waals surface area (Å²) in [5.74, 6) is 0.377. The zero-order valence-electron chi connectivity index (χ0n) is 12.3. The third-order valence-electron chi connectivity index (χ3n) is 2.88. The van der Waals surface area contributed by atoms with E-state index in [0.717, 1.165) is 22.7 Å². The molecule has 2 aromatic rings. The van der Waals surface area contributed by atoms with Crippen molar-refractivity contribution < 1.29 is 0 Å². The fourth-order valence-electron chi connectivity index (χ4n) is 2.13. The lowest BCUT2D eigenvalue weighted by Gasteiger charge is -2.07. The Kier molecular flexibility index (Phi) is 5.78. The maximum atomic E-state index is 9.15. The molecule has 102 valence electrons. The molecule has 3 nitrogen and oxygen atoms in total. The molecule has 0 aromatic carbocycles. The molecule has 0 aliphatic rings. The highest BCUT2D eigenvalue weighted by molar-refractivity contribution is 7.09. The lowest BCUT2D eigenvalue weighted by molar-refractivity contribution is 0.752. The van der Waals surface area contributed by atoms with Gasteiger partial charge in [0.25, 0.3) is 0 Å². The minimum Gasteiger partial charge on any atom is -0.343 e. The van der Waals surface area contributed by atoms with E-state index < -0.39 is 0 Å². The van der Waals surface area contributed by atoms with Gasteiger partial charge in [0.2, 0.25) is 0 Å². The Bertz CT molecular complexity index is 545. The van der Waals surface area contributed by atoms with Gasteiger partial charge >= 0.3 is 0 Å². The van der Waals surface area contributed by atoms with Gasteiger partial charge in [0.05, 0.1) is 12.1 Å². The summed E-state index contributed by atoms with van der Waals surface area (Å²) in [6.07, 6.45) is 3.75. The molecular formula is C15H21N3S. The quantitative estimate of drug-likeness (QED) is 0.837. The fourth-order valence-corrected chi connectivity index (χ4v) is 2.74. The Balaban J connectivity index is 0.000000861. The largest absolute Gasteiger partial charge is 0.343 e. The van der Waals surface area contributed by atoms with E-state index in [2.05, 4.69) is 36.4 Å². The average molecular weight is 275 g/mol. The molecule has 0 atom stereocenters. The second kappa shape index (κ2) is 7.10. The Morgan fingerprint density at radius 3 is 2.53 bits per heavy atom. The molecule has 0 aliphatic carbocycles. The van der Waals surface area contributed by atoms with Crippen molar-refractivity contribution in [3.63, 3.8) is 0 Å². The highest BCUT2D eigenvalue weighted by atomic mass is 32.1. The topological polar surface area (TPSA) is 41.6 Å². The lowest BCUT2D eigenvalue weighted by atomic mass is 10.00. The standard InChI is InChI=1S/C13H15N3S.C2H6/c1-9(2)13-10(3)16(7-11(13)6-14)8-12-15-4-5-17-12;1-2/h4-5,7,9H,8H2,1-3H3;1-2H3. The number of hydrogen-bond acceptors (Lipinski definition) is 3. The first-order valence-corrected chi connectivity index (χ1v) is 7.49. The van der Waals surface area contributed by atoms with Gasteiger partial charge in [-0.15, -0.1) is 11.3 Å². The summed E-state index contributed by atoms with van der Waals surface area (Å²) >= 11 is 1.64. The highest BCUT2D eigenvalue weighted by Crippen LogP contribution is 2.25. The zero-order valence-corrected chi connectivity index (χ0v) is 13.1. The average Bonchev–Trinajstić information content (AvgIpc) is 3.01. The van der Waals surface area contributed by atoms with E-state index >= 15 is 0 Å². The summed E-state index contributed by atoms with van der Waals surface area (Å²) < 4.78 is 2.12. The van der Waals surface area contributed by atoms with Crippen molar-refractivity contribution in [1.29, 1.82) is 5.26 Å². The summed E-state index contributed by atoms with van der Waals surface area (Å²) in [4.78, 5) is 4.28. The number of aromatic nitrogens is 2. The van der Waals surface area contributed by atoms with Crippen LogP contribution in [0.5, 0.6) is 0 Å². The first kappa shape index (κ1) is 15.5. The molecule has 0 spiro atoms. The van der Waals surface area contributed by atoms with Crippen molar-refractivity contribution >= 4 is 11.3 Å². The van der Waals surface area contributed by atoms with Gasteiger partial charge in [-0.3, -0.25) is 0 Å². The monoisotopic (exact) mass is 275 g/mol. The van der Waals surface area contributed by atoms with Crippen molar-refractivity contribution in [3.05, 3.63) is 39.6 Å². The van der Waals surface area contributed by atoms with E-state index in [1.807, 2.05) is 31.6 Å². The fraction of sp³-hybridized carbons (Fsp3) is 0.467. The van der Waals surface area contributed by atoms with Crippen LogP contribution in [0, 0.1) is 18.3 Å². The van der Waals surface area contributed by atoms with E-state index in [4.69, 9.17) is 5.26 Å². The van der Waals surface area contributed by atoms with Gasteiger partial charge < -0.3 is 4.57 Å². The molecule has 4 heteroatoms. The van der Waals surface area contributed by atoms with Crippen LogP contribution in [-0.4, -0.2) is 9.55 Å². The normalized spacial score (nSPS) is 9.95. The Morgan fingerprint density at radius 1 is 1.42 bits per heavy atom. The number of nitrogens with zero attached hydrogens (tertiary/aromatic N) is 3. The Morgan fingerprint density at radius 2 is 2.11 bits per heavy atom. The number of rotatable bonds is 3. The molecule has 2 rings (SSSR count). The van der Waals surface area contributed by atoms with Crippen molar-refractivity contribution in [2.75, 3.05) is 0 Å². The SMILES string of the molecule is CC.Cc1c(C(C)C)c(C#N)cn1Cc1nccs1. The van der Waals surface area contributed by atoms with Crippen molar-refractivity contribution in [2.45, 2.75) is 47.1 Å². The molecule has 0 radical (unpaired) electrons. The molecule has 0 N–H and O–H groups in total. The highest BCUT2D eigenvalue weighted by Gasteiger charge is 2.15. The van der Waals surface area contributed by atoms with E-state index in [9.17, 15) is 0 Å². The predicted molar refractivity (Wildman–Crippen MR) is 80.5 cm³/mol. The third kappa shape index (κ3) is 3.45. The van der Waals surface area contributed by atoms with E-state index in [0.29, 0.717) is 5.92 Å². The summed E-state index contributed by atoms with van der Waals surface area (Å²) in [5, 5.41) is 12.2. The van der Waals surface area contributed by atoms with Crippen molar-refractivity contribution in [1.82, 2.24) is 9.55 Å². The molecule has 2 aromatic heterocycles. The summed E-state index contributed by atoms with van der Waals surface area (Å²) in [6.45, 7) is 11.1. The molecular weight excluding hydrogens is 254 g/mol. The van der Waals surface area contributed by atoms with E-state index in [1.165, 1.54) is 5.69 Å². The van der Waals surface area contributed by atoms with Crippen LogP contribution in [0.1, 0.15) is 55.4 Å². The predicted octanol–water partition coefficient (Wildman–Crippen LogP) is 4.32. The smallest absolute Gasteiger partial charge is 0.112 e. The second-order valence-corrected chi connectivity index (χ2v) is 5.34. The number of hydrogen-bond donors (Lipinski definition) is 0. The van der Waals surface area contributed by atoms with Crippen molar-refractivity contribution in [2.24, 2.45) is 0 Å². The minimum absolute atomic E-state index is 0.377. The van der Waals surface area contributed by atoms with Gasteiger partial charge in [0, 0.05) is 23.5 Å². The Labute approximate surface area is 119 Å². The van der Waals surface area contributed by atoms with Crippen LogP contribution in [0.25, 0.3) is 0 Å². The van der Waals surface area contributed by atoms with E-state index in [1.54, 1.807) is 11.3 Å². The molecule has 0 fully saturated rings. The molecule has 0 saturated heterocycles. The van der Waals surface area contributed by atoms with Crippen LogP contribution in [0.15, 0.2) is 17.8 Å². The molecule has 0 amide bonds. The van der Waals surface area contributed by atoms with Gasteiger partial charge in [0.1, 0.15) is 11.1 Å². The molecule has 0 bridgehead atoms. The van der Waals surface area contributed by atoms with Gasteiger partial charge in [-0.25, -0.2) is 4.98 Å². The Hall–Kier alpha value is -1.60. The first-order chi connectivity index (χ1) is 9.13. The van der Waals surface area contributed by atoms with Crippen LogP contribution in [0.4, 0.5) is 0 Å². The minimum atomic E-state index is 0.377. The molecule has 0 unspecified atom stereocenters. The lowest BCUT2D eigenvalue weighted by Crippen LogP contribution is -2.01. The van der Waals surface area contributed by atoms with Gasteiger partial charge in [-0.2, -0.15) is 5.26 Å². The first-order valence-electron chi connectivity index (χ1n) is 6.61. The summed E-state index contributed by atoms with van der Waals surface area (Å²) in [6, 6.07) is 2.28. The zero-order chi connectivity index (χ0) is 14.4. The van der Waals surface area contributed by atoms with Crippen LogP contribution in [0.3, 0.4) is 0 Å². The van der Waals surface area contributed by atoms with Crippen molar-refractivity contribution in [3.8, 4) is 6.07 Å². The van der Waals surface area contributed by atoms with E-state index in [-0.39, 0.29) is 0 Å². The van der Waals surface area contributed by atoms with Crippen LogP contribution in [0.2, 0.25) is 0 Å². The number of nitriles is 1. The van der Waals surface area contributed by atoms with Gasteiger partial charge in [0.15, 0.2) is 0 Å². The third-order valence-corrected chi connectivity index (χ3v) is 3.65. The molecule has 19 heavy (non-hydrogen) atoms. The maximum Gasteiger partial charge on any atom is 0.112 e. The maximum absolute atomic E-state index is 9.15. The van der Waals surface area contributed by atoms with Gasteiger partial charge in [-0.1, -0.05) is 27.7 Å². The van der Waals surface area contributed by atoms with Crippen LogP contribution in [-0.2, 0) is 6.54 Å². The van der Waals surface area contributed by atoms with Crippen LogP contribution >= 0.6 is 11.3 Å². The second-order valence-electron chi connectivity index (χ2n) is 4.36. The molecule has 0 saturated carbocycles. The van der Waals surface area contributed by atoms with Crippen LogP contribution < -0.4 is 0 Å². The summed E-state index contributed by atoms with van der Waals surface area (Å²) in [5.41, 5.74) is 3.12. The summed E-state index contributed by atoms with van der Waals surface area (Å²) in [7, 11) is 0. The molecule has 0 aliphatic heterocycles.